The number of amides is 2. The first-order valence-corrected chi connectivity index (χ1v) is 9.51. The summed E-state index contributed by atoms with van der Waals surface area (Å²) in [4.78, 5) is 29.1. The molecule has 27 heavy (non-hydrogen) atoms. The van der Waals surface area contributed by atoms with E-state index < -0.39 is 17.8 Å². The Kier molecular flexibility index (Phi) is 8.02. The van der Waals surface area contributed by atoms with Gasteiger partial charge in [-0.3, -0.25) is 9.59 Å². The molecule has 2 aliphatic heterocycles. The van der Waals surface area contributed by atoms with Crippen molar-refractivity contribution in [2.75, 3.05) is 52.6 Å². The van der Waals surface area contributed by atoms with Gasteiger partial charge in [0, 0.05) is 32.1 Å². The lowest BCUT2D eigenvalue weighted by Gasteiger charge is -2.35. The third kappa shape index (κ3) is 5.41. The number of carbonyl (C=O) groups excluding carboxylic acids is 2. The molecule has 2 heterocycles. The van der Waals surface area contributed by atoms with Crippen LogP contribution in [0.2, 0.25) is 0 Å². The molecule has 2 fully saturated rings. The Morgan fingerprint density at radius 3 is 1.52 bits per heavy atom. The van der Waals surface area contributed by atoms with Crippen molar-refractivity contribution >= 4 is 11.8 Å². The minimum atomic E-state index is -1.01. The van der Waals surface area contributed by atoms with E-state index in [9.17, 15) is 20.1 Å². The number of hydrogen-bond donors (Lipinski definition) is 0. The number of rotatable bonds is 6. The van der Waals surface area contributed by atoms with Crippen molar-refractivity contribution in [1.29, 1.82) is 10.5 Å². The summed E-state index contributed by atoms with van der Waals surface area (Å²) in [5.41, 5.74) is 0. The standard InChI is InChI=1S/C19H28N4O4/c1-14(2)11-15(16(12-20)18(24)22-3-7-26-8-4-22)17(13-21)19(25)23-5-9-27-10-6-23/h14-17H,3-11H2,1-2H3/t15?,16-,17+. The Labute approximate surface area is 160 Å². The summed E-state index contributed by atoms with van der Waals surface area (Å²) in [6.45, 7) is 7.41. The van der Waals surface area contributed by atoms with Crippen molar-refractivity contribution in [2.24, 2.45) is 23.7 Å². The van der Waals surface area contributed by atoms with E-state index in [1.807, 2.05) is 13.8 Å². The smallest absolute Gasteiger partial charge is 0.240 e. The molecule has 0 aromatic heterocycles. The minimum Gasteiger partial charge on any atom is -0.378 e. The van der Waals surface area contributed by atoms with E-state index in [-0.39, 0.29) is 17.7 Å². The Hall–Kier alpha value is -2.16. The van der Waals surface area contributed by atoms with Crippen molar-refractivity contribution in [3.05, 3.63) is 0 Å². The van der Waals surface area contributed by atoms with Crippen LogP contribution < -0.4 is 0 Å². The Bertz CT molecular complexity index is 550. The first-order chi connectivity index (χ1) is 13.0. The molecule has 0 spiro atoms. The van der Waals surface area contributed by atoms with Crippen molar-refractivity contribution in [3.8, 4) is 12.1 Å². The van der Waals surface area contributed by atoms with Crippen LogP contribution in [0.25, 0.3) is 0 Å². The monoisotopic (exact) mass is 376 g/mol. The molecule has 3 atom stereocenters. The predicted molar refractivity (Wildman–Crippen MR) is 95.9 cm³/mol. The van der Waals surface area contributed by atoms with Crippen LogP contribution in [0.1, 0.15) is 20.3 Å². The fourth-order valence-corrected chi connectivity index (χ4v) is 3.64. The average Bonchev–Trinajstić information content (AvgIpc) is 2.69. The number of ether oxygens (including phenoxy) is 2. The van der Waals surface area contributed by atoms with Crippen molar-refractivity contribution in [1.82, 2.24) is 9.80 Å². The van der Waals surface area contributed by atoms with Gasteiger partial charge in [-0.25, -0.2) is 0 Å². The van der Waals surface area contributed by atoms with E-state index >= 15 is 0 Å². The molecular weight excluding hydrogens is 348 g/mol. The van der Waals surface area contributed by atoms with E-state index in [0.29, 0.717) is 59.0 Å². The summed E-state index contributed by atoms with van der Waals surface area (Å²) in [6.07, 6.45) is 0.461. The lowest BCUT2D eigenvalue weighted by atomic mass is 9.76. The Morgan fingerprint density at radius 1 is 0.852 bits per heavy atom. The van der Waals surface area contributed by atoms with E-state index in [1.54, 1.807) is 9.80 Å². The lowest BCUT2D eigenvalue weighted by molar-refractivity contribution is -0.144. The maximum absolute atomic E-state index is 13.0. The molecule has 2 rings (SSSR count). The fraction of sp³-hybridized carbons (Fsp3) is 0.789. The summed E-state index contributed by atoms with van der Waals surface area (Å²) in [5.74, 6) is -3.12. The maximum atomic E-state index is 13.0. The van der Waals surface area contributed by atoms with Crippen LogP contribution in [0, 0.1) is 46.3 Å². The first-order valence-electron chi connectivity index (χ1n) is 9.51. The minimum absolute atomic E-state index is 0.150. The van der Waals surface area contributed by atoms with E-state index in [0.717, 1.165) is 0 Å². The van der Waals surface area contributed by atoms with Crippen LogP contribution in [0.5, 0.6) is 0 Å². The zero-order valence-corrected chi connectivity index (χ0v) is 16.1. The predicted octanol–water partition coefficient (Wildman–Crippen LogP) is 0.646. The first kappa shape index (κ1) is 21.1. The highest BCUT2D eigenvalue weighted by atomic mass is 16.5. The highest BCUT2D eigenvalue weighted by molar-refractivity contribution is 5.85. The second-order valence-electron chi connectivity index (χ2n) is 7.38. The molecule has 8 heteroatoms. The quantitative estimate of drug-likeness (QED) is 0.673. The zero-order chi connectivity index (χ0) is 19.8. The summed E-state index contributed by atoms with van der Waals surface area (Å²) in [6, 6.07) is 4.20. The van der Waals surface area contributed by atoms with Crippen LogP contribution in [0.15, 0.2) is 0 Å². The van der Waals surface area contributed by atoms with Gasteiger partial charge in [-0.15, -0.1) is 0 Å². The van der Waals surface area contributed by atoms with Crippen LogP contribution in [0.4, 0.5) is 0 Å². The molecule has 8 nitrogen and oxygen atoms in total. The summed E-state index contributed by atoms with van der Waals surface area (Å²) in [5, 5.41) is 19.5. The summed E-state index contributed by atoms with van der Waals surface area (Å²) in [7, 11) is 0. The molecule has 0 aliphatic carbocycles. The second kappa shape index (κ2) is 10.2. The molecule has 2 amide bonds. The summed E-state index contributed by atoms with van der Waals surface area (Å²) >= 11 is 0. The van der Waals surface area contributed by atoms with Gasteiger partial charge < -0.3 is 19.3 Å². The fourth-order valence-electron chi connectivity index (χ4n) is 3.64. The number of hydrogen-bond acceptors (Lipinski definition) is 6. The molecule has 1 unspecified atom stereocenters. The van der Waals surface area contributed by atoms with Crippen LogP contribution in [-0.2, 0) is 19.1 Å². The molecule has 148 valence electrons. The van der Waals surface area contributed by atoms with Crippen LogP contribution in [0.3, 0.4) is 0 Å². The molecule has 0 aromatic rings. The third-order valence-corrected chi connectivity index (χ3v) is 5.06. The third-order valence-electron chi connectivity index (χ3n) is 5.06. The van der Waals surface area contributed by atoms with Gasteiger partial charge >= 0.3 is 0 Å². The van der Waals surface area contributed by atoms with E-state index in [1.165, 1.54) is 0 Å². The average molecular weight is 376 g/mol. The van der Waals surface area contributed by atoms with Gasteiger partial charge in [0.25, 0.3) is 0 Å². The molecule has 0 N–H and O–H groups in total. The Balaban J connectivity index is 2.24. The van der Waals surface area contributed by atoms with Gasteiger partial charge in [-0.2, -0.15) is 10.5 Å². The molecule has 2 aliphatic rings. The van der Waals surface area contributed by atoms with Gasteiger partial charge in [-0.05, 0) is 12.3 Å². The van der Waals surface area contributed by atoms with Crippen molar-refractivity contribution < 1.29 is 19.1 Å². The largest absolute Gasteiger partial charge is 0.378 e. The zero-order valence-electron chi connectivity index (χ0n) is 16.1. The Morgan fingerprint density at radius 2 is 1.22 bits per heavy atom. The van der Waals surface area contributed by atoms with Gasteiger partial charge in [0.2, 0.25) is 11.8 Å². The van der Waals surface area contributed by atoms with E-state index in [4.69, 9.17) is 9.47 Å². The maximum Gasteiger partial charge on any atom is 0.240 e. The van der Waals surface area contributed by atoms with Crippen LogP contribution in [-0.4, -0.2) is 74.2 Å². The highest BCUT2D eigenvalue weighted by Crippen LogP contribution is 2.31. The molecule has 0 saturated carbocycles. The molecular formula is C19H28N4O4. The normalized spacial score (nSPS) is 21.1. The lowest BCUT2D eigenvalue weighted by Crippen LogP contribution is -2.49. The number of nitriles is 2. The van der Waals surface area contributed by atoms with Gasteiger partial charge in [-0.1, -0.05) is 13.8 Å². The topological polar surface area (TPSA) is 107 Å². The van der Waals surface area contributed by atoms with Gasteiger partial charge in [0.05, 0.1) is 38.6 Å². The number of morpholine rings is 2. The molecule has 0 radical (unpaired) electrons. The molecule has 0 bridgehead atoms. The van der Waals surface area contributed by atoms with Crippen molar-refractivity contribution in [2.45, 2.75) is 20.3 Å². The molecule has 2 saturated heterocycles. The van der Waals surface area contributed by atoms with Gasteiger partial charge in [0.1, 0.15) is 11.8 Å². The second-order valence-corrected chi connectivity index (χ2v) is 7.38. The van der Waals surface area contributed by atoms with Gasteiger partial charge in [0.15, 0.2) is 0 Å². The molecule has 0 aromatic carbocycles. The number of carbonyl (C=O) groups is 2. The highest BCUT2D eigenvalue weighted by Gasteiger charge is 2.42. The van der Waals surface area contributed by atoms with E-state index in [2.05, 4.69) is 12.1 Å². The van der Waals surface area contributed by atoms with Crippen molar-refractivity contribution in [3.63, 3.8) is 0 Å². The summed E-state index contributed by atoms with van der Waals surface area (Å²) < 4.78 is 10.5. The number of nitrogens with zero attached hydrogens (tertiary/aromatic N) is 4. The SMILES string of the molecule is CC(C)CC([C@H](C#N)C(=O)N1CCOCC1)[C@@H](C#N)C(=O)N1CCOCC1. The van der Waals surface area contributed by atoms with Crippen LogP contribution >= 0.6 is 0 Å².